The molecule has 5 heteroatoms. The molecule has 0 aliphatic carbocycles. The van der Waals surface area contributed by atoms with Gasteiger partial charge in [-0.25, -0.2) is 0 Å². The molecule has 0 spiro atoms. The number of halogens is 3. The van der Waals surface area contributed by atoms with Crippen molar-refractivity contribution in [2.75, 3.05) is 13.1 Å². The van der Waals surface area contributed by atoms with E-state index in [0.29, 0.717) is 13.1 Å². The molecule has 0 amide bonds. The topological polar surface area (TPSA) is 23.5 Å². The number of phenolic OH excluding ortho intramolecular Hbond substituents is 1. The fraction of sp³-hybridized carbons (Fsp3) is 0.300. The Kier molecular flexibility index (Phi) is 6.49. The van der Waals surface area contributed by atoms with Gasteiger partial charge in [-0.3, -0.25) is 4.90 Å². The first-order chi connectivity index (χ1) is 11.9. The van der Waals surface area contributed by atoms with E-state index in [4.69, 9.17) is 0 Å². The smallest absolute Gasteiger partial charge is 0.417 e. The van der Waals surface area contributed by atoms with E-state index in [1.807, 2.05) is 17.9 Å². The Balaban J connectivity index is 2.11. The Morgan fingerprint density at radius 1 is 1.08 bits per heavy atom. The Hall–Kier alpha value is -2.45. The molecule has 2 rings (SSSR count). The van der Waals surface area contributed by atoms with Gasteiger partial charge in [0.1, 0.15) is 5.75 Å². The number of hydrogen-bond donors (Lipinski definition) is 1. The molecule has 0 aliphatic heterocycles. The predicted molar refractivity (Wildman–Crippen MR) is 92.0 cm³/mol. The number of alkyl halides is 3. The van der Waals surface area contributed by atoms with Crippen LogP contribution in [0.25, 0.3) is 0 Å². The molecule has 0 radical (unpaired) electrons. The summed E-state index contributed by atoms with van der Waals surface area (Å²) in [6, 6.07) is 12.3. The quantitative estimate of drug-likeness (QED) is 0.794. The summed E-state index contributed by atoms with van der Waals surface area (Å²) in [4.78, 5) is 2.04. The van der Waals surface area contributed by atoms with Crippen LogP contribution < -0.4 is 0 Å². The van der Waals surface area contributed by atoms with Crippen molar-refractivity contribution in [2.24, 2.45) is 0 Å². The zero-order chi connectivity index (χ0) is 18.3. The molecular formula is C20H20F3NO. The average molecular weight is 347 g/mol. The molecule has 0 atom stereocenters. The number of nitrogens with zero attached hydrogens (tertiary/aromatic N) is 1. The van der Waals surface area contributed by atoms with Crippen LogP contribution >= 0.6 is 0 Å². The number of hydrogen-bond acceptors (Lipinski definition) is 2. The molecular weight excluding hydrogens is 327 g/mol. The average Bonchev–Trinajstić information content (AvgIpc) is 2.54. The molecule has 2 aromatic carbocycles. The fourth-order valence-electron chi connectivity index (χ4n) is 2.53. The van der Waals surface area contributed by atoms with Crippen LogP contribution in [0.5, 0.6) is 5.75 Å². The highest BCUT2D eigenvalue weighted by Crippen LogP contribution is 2.31. The molecule has 0 aliphatic rings. The monoisotopic (exact) mass is 347 g/mol. The maximum Gasteiger partial charge on any atom is 0.417 e. The van der Waals surface area contributed by atoms with Crippen LogP contribution in [0, 0.1) is 11.8 Å². The molecule has 0 bridgehead atoms. The van der Waals surface area contributed by atoms with Gasteiger partial charge in [0.05, 0.1) is 12.1 Å². The van der Waals surface area contributed by atoms with Crippen LogP contribution in [0.4, 0.5) is 13.2 Å². The summed E-state index contributed by atoms with van der Waals surface area (Å²) in [6.45, 7) is 3.74. The normalized spacial score (nSPS) is 11.2. The first-order valence-electron chi connectivity index (χ1n) is 8.05. The lowest BCUT2D eigenvalue weighted by Gasteiger charge is -2.19. The Morgan fingerprint density at radius 3 is 2.52 bits per heavy atom. The minimum Gasteiger partial charge on any atom is -0.508 e. The lowest BCUT2D eigenvalue weighted by Crippen LogP contribution is -2.24. The van der Waals surface area contributed by atoms with Crippen molar-refractivity contribution in [1.82, 2.24) is 4.90 Å². The van der Waals surface area contributed by atoms with Crippen LogP contribution in [0.2, 0.25) is 0 Å². The van der Waals surface area contributed by atoms with Crippen molar-refractivity contribution in [3.63, 3.8) is 0 Å². The summed E-state index contributed by atoms with van der Waals surface area (Å²) in [6.07, 6.45) is -3.50. The van der Waals surface area contributed by atoms with Crippen LogP contribution in [0.1, 0.15) is 30.0 Å². The Morgan fingerprint density at radius 2 is 1.84 bits per heavy atom. The molecule has 0 saturated carbocycles. The number of rotatable bonds is 5. The SMILES string of the molecule is CCCN(CC#Cc1ccccc1C(F)(F)F)Cc1cccc(O)c1. The maximum atomic E-state index is 13.0. The summed E-state index contributed by atoms with van der Waals surface area (Å²) >= 11 is 0. The van der Waals surface area contributed by atoms with Crippen LogP contribution in [0.3, 0.4) is 0 Å². The highest BCUT2D eigenvalue weighted by molar-refractivity contribution is 5.43. The van der Waals surface area contributed by atoms with Crippen LogP contribution in [-0.2, 0) is 12.7 Å². The van der Waals surface area contributed by atoms with Crippen LogP contribution in [-0.4, -0.2) is 23.1 Å². The van der Waals surface area contributed by atoms with Gasteiger partial charge in [-0.2, -0.15) is 13.2 Å². The second-order valence-electron chi connectivity index (χ2n) is 5.73. The lowest BCUT2D eigenvalue weighted by molar-refractivity contribution is -0.137. The van der Waals surface area contributed by atoms with Crippen molar-refractivity contribution >= 4 is 0 Å². The molecule has 1 N–H and O–H groups in total. The first-order valence-corrected chi connectivity index (χ1v) is 8.05. The largest absolute Gasteiger partial charge is 0.508 e. The molecule has 25 heavy (non-hydrogen) atoms. The van der Waals surface area contributed by atoms with Crippen molar-refractivity contribution < 1.29 is 18.3 Å². The van der Waals surface area contributed by atoms with Gasteiger partial charge in [0.25, 0.3) is 0 Å². The van der Waals surface area contributed by atoms with E-state index in [-0.39, 0.29) is 11.3 Å². The van der Waals surface area contributed by atoms with Crippen molar-refractivity contribution in [3.8, 4) is 17.6 Å². The minimum atomic E-state index is -4.41. The lowest BCUT2D eigenvalue weighted by atomic mass is 10.1. The van der Waals surface area contributed by atoms with Crippen molar-refractivity contribution in [1.29, 1.82) is 0 Å². The third-order valence-electron chi connectivity index (χ3n) is 3.61. The van der Waals surface area contributed by atoms with Crippen molar-refractivity contribution in [2.45, 2.75) is 26.1 Å². The van der Waals surface area contributed by atoms with E-state index >= 15 is 0 Å². The van der Waals surface area contributed by atoms with E-state index < -0.39 is 11.7 Å². The Bertz CT molecular complexity index is 759. The summed E-state index contributed by atoms with van der Waals surface area (Å²) in [5.74, 6) is 5.69. The molecule has 0 saturated heterocycles. The van der Waals surface area contributed by atoms with Gasteiger partial charge in [0.2, 0.25) is 0 Å². The van der Waals surface area contributed by atoms with Gasteiger partial charge in [-0.1, -0.05) is 43.0 Å². The predicted octanol–water partition coefficient (Wildman–Crippen LogP) is 4.67. The van der Waals surface area contributed by atoms with E-state index in [1.54, 1.807) is 24.3 Å². The molecule has 0 fully saturated rings. The summed E-state index contributed by atoms with van der Waals surface area (Å²) in [5.41, 5.74) is 0.215. The summed E-state index contributed by atoms with van der Waals surface area (Å²) in [5, 5.41) is 9.53. The number of aromatic hydroxyl groups is 1. The standard InChI is InChI=1S/C20H20F3NO/c1-2-12-24(15-16-7-5-10-18(25)14-16)13-6-9-17-8-3-4-11-19(17)20(21,22)23/h3-5,7-8,10-11,14,25H,2,12-13,15H2,1H3. The van der Waals surface area contributed by atoms with E-state index in [2.05, 4.69) is 11.8 Å². The molecule has 132 valence electrons. The van der Waals surface area contributed by atoms with Gasteiger partial charge in [0.15, 0.2) is 0 Å². The molecule has 2 nitrogen and oxygen atoms in total. The van der Waals surface area contributed by atoms with E-state index in [0.717, 1.165) is 24.6 Å². The number of phenols is 1. The van der Waals surface area contributed by atoms with Crippen molar-refractivity contribution in [3.05, 3.63) is 65.2 Å². The molecule has 0 aromatic heterocycles. The Labute approximate surface area is 145 Å². The second-order valence-corrected chi connectivity index (χ2v) is 5.73. The highest BCUT2D eigenvalue weighted by atomic mass is 19.4. The second kappa shape index (κ2) is 8.59. The molecule has 2 aromatic rings. The van der Waals surface area contributed by atoms with Gasteiger partial charge >= 0.3 is 6.18 Å². The number of benzene rings is 2. The summed E-state index contributed by atoms with van der Waals surface area (Å²) < 4.78 is 38.9. The first kappa shape index (κ1) is 18.9. The maximum absolute atomic E-state index is 13.0. The van der Waals surface area contributed by atoms with E-state index in [9.17, 15) is 18.3 Å². The molecule has 0 heterocycles. The zero-order valence-electron chi connectivity index (χ0n) is 14.0. The molecule has 0 unspecified atom stereocenters. The van der Waals surface area contributed by atoms with Gasteiger partial charge in [-0.15, -0.1) is 0 Å². The van der Waals surface area contributed by atoms with Gasteiger partial charge in [0, 0.05) is 12.1 Å². The van der Waals surface area contributed by atoms with Gasteiger partial charge < -0.3 is 5.11 Å². The highest BCUT2D eigenvalue weighted by Gasteiger charge is 2.32. The van der Waals surface area contributed by atoms with E-state index in [1.165, 1.54) is 12.1 Å². The summed E-state index contributed by atoms with van der Waals surface area (Å²) in [7, 11) is 0. The van der Waals surface area contributed by atoms with Crippen LogP contribution in [0.15, 0.2) is 48.5 Å². The third kappa shape index (κ3) is 5.84. The zero-order valence-corrected chi connectivity index (χ0v) is 14.0. The fourth-order valence-corrected chi connectivity index (χ4v) is 2.53. The third-order valence-corrected chi connectivity index (χ3v) is 3.61. The van der Waals surface area contributed by atoms with Gasteiger partial charge in [-0.05, 0) is 42.8 Å². The minimum absolute atomic E-state index is 0.0104.